The van der Waals surface area contributed by atoms with Gasteiger partial charge in [-0.15, -0.1) is 12.4 Å². The number of non-ortho nitro benzene ring substituents is 1. The molecule has 1 atom stereocenters. The average Bonchev–Trinajstić information content (AvgIpc) is 3.13. The number of nitro benzene ring substituents is 1. The molecule has 0 spiro atoms. The molecule has 0 bridgehead atoms. The molecule has 2 aliphatic heterocycles. The minimum atomic E-state index is -0.411. The summed E-state index contributed by atoms with van der Waals surface area (Å²) in [7, 11) is 0. The van der Waals surface area contributed by atoms with Gasteiger partial charge < -0.3 is 10.2 Å². The van der Waals surface area contributed by atoms with E-state index in [9.17, 15) is 14.9 Å². The molecular formula is C15H20ClN3O3. The Morgan fingerprint density at radius 2 is 2.27 bits per heavy atom. The van der Waals surface area contributed by atoms with Crippen LogP contribution in [0.1, 0.15) is 24.8 Å². The second-order valence-corrected chi connectivity index (χ2v) is 5.76. The van der Waals surface area contributed by atoms with Crippen LogP contribution in [0, 0.1) is 16.0 Å². The number of fused-ring (bicyclic) bond motifs is 1. The molecule has 1 saturated heterocycles. The number of nitrogens with one attached hydrogen (secondary N) is 1. The van der Waals surface area contributed by atoms with E-state index in [1.807, 2.05) is 0 Å². The van der Waals surface area contributed by atoms with Crippen molar-refractivity contribution in [3.8, 4) is 0 Å². The maximum absolute atomic E-state index is 12.4. The second-order valence-electron chi connectivity index (χ2n) is 5.76. The van der Waals surface area contributed by atoms with Gasteiger partial charge in [0.25, 0.3) is 5.69 Å². The smallest absolute Gasteiger partial charge is 0.271 e. The van der Waals surface area contributed by atoms with Crippen molar-refractivity contribution in [3.05, 3.63) is 33.9 Å². The number of hydrogen-bond donors (Lipinski definition) is 1. The van der Waals surface area contributed by atoms with Crippen LogP contribution < -0.4 is 10.2 Å². The first-order valence-corrected chi connectivity index (χ1v) is 7.43. The van der Waals surface area contributed by atoms with Gasteiger partial charge in [0.1, 0.15) is 0 Å². The van der Waals surface area contributed by atoms with Crippen molar-refractivity contribution in [2.45, 2.75) is 25.7 Å². The molecule has 0 radical (unpaired) electrons. The van der Waals surface area contributed by atoms with Gasteiger partial charge in [-0.1, -0.05) is 6.07 Å². The normalized spacial score (nSPS) is 19.6. The number of amides is 1. The molecule has 0 saturated carbocycles. The van der Waals surface area contributed by atoms with E-state index < -0.39 is 4.92 Å². The Hall–Kier alpha value is -1.66. The third-order valence-corrected chi connectivity index (χ3v) is 4.41. The van der Waals surface area contributed by atoms with Gasteiger partial charge in [-0.25, -0.2) is 0 Å². The summed E-state index contributed by atoms with van der Waals surface area (Å²) in [6, 6.07) is 4.80. The monoisotopic (exact) mass is 325 g/mol. The Balaban J connectivity index is 0.00000176. The van der Waals surface area contributed by atoms with Crippen LogP contribution in [-0.2, 0) is 11.2 Å². The molecule has 7 heteroatoms. The van der Waals surface area contributed by atoms with E-state index in [-0.39, 0.29) is 24.0 Å². The van der Waals surface area contributed by atoms with Crippen molar-refractivity contribution in [3.63, 3.8) is 0 Å². The molecule has 120 valence electrons. The van der Waals surface area contributed by atoms with Crippen molar-refractivity contribution in [1.29, 1.82) is 0 Å². The largest absolute Gasteiger partial charge is 0.316 e. The molecule has 1 N–H and O–H groups in total. The van der Waals surface area contributed by atoms with Crippen molar-refractivity contribution < 1.29 is 9.72 Å². The van der Waals surface area contributed by atoms with Crippen LogP contribution in [0.15, 0.2) is 18.2 Å². The summed E-state index contributed by atoms with van der Waals surface area (Å²) in [6.07, 6.45) is 3.33. The zero-order chi connectivity index (χ0) is 14.8. The average molecular weight is 326 g/mol. The Labute approximate surface area is 135 Å². The molecule has 6 nitrogen and oxygen atoms in total. The molecule has 1 fully saturated rings. The minimum Gasteiger partial charge on any atom is -0.316 e. The Morgan fingerprint density at radius 3 is 2.95 bits per heavy atom. The molecule has 0 aliphatic carbocycles. The second kappa shape index (κ2) is 7.07. The standard InChI is InChI=1S/C15H19N3O3.ClH/c19-15(4-1-11-5-7-16-10-11)17-8-6-12-2-3-13(18(20)21)9-14(12)17;/h2-3,9,11,16H,1,4-8,10H2;1H. The van der Waals surface area contributed by atoms with Gasteiger partial charge in [-0.2, -0.15) is 0 Å². The molecule has 1 aromatic carbocycles. The van der Waals surface area contributed by atoms with Crippen LogP contribution in [-0.4, -0.2) is 30.5 Å². The molecule has 2 aliphatic rings. The van der Waals surface area contributed by atoms with Gasteiger partial charge in [0.2, 0.25) is 5.91 Å². The van der Waals surface area contributed by atoms with E-state index in [2.05, 4.69) is 5.32 Å². The number of anilines is 1. The van der Waals surface area contributed by atoms with E-state index in [0.29, 0.717) is 18.9 Å². The molecule has 1 unspecified atom stereocenters. The van der Waals surface area contributed by atoms with Crippen molar-refractivity contribution in [2.75, 3.05) is 24.5 Å². The summed E-state index contributed by atoms with van der Waals surface area (Å²) >= 11 is 0. The first-order chi connectivity index (χ1) is 10.1. The molecule has 0 aromatic heterocycles. The number of carbonyl (C=O) groups excluding carboxylic acids is 1. The summed E-state index contributed by atoms with van der Waals surface area (Å²) in [5.41, 5.74) is 1.80. The molecular weight excluding hydrogens is 306 g/mol. The molecule has 1 aromatic rings. The predicted octanol–water partition coefficient (Wildman–Crippen LogP) is 2.30. The summed E-state index contributed by atoms with van der Waals surface area (Å²) in [5.74, 6) is 0.669. The molecule has 3 rings (SSSR count). The Kier molecular flexibility index (Phi) is 5.37. The van der Waals surface area contributed by atoms with Crippen molar-refractivity contribution in [2.24, 2.45) is 5.92 Å². The number of halogens is 1. The molecule has 22 heavy (non-hydrogen) atoms. The van der Waals surface area contributed by atoms with Crippen LogP contribution in [0.5, 0.6) is 0 Å². The van der Waals surface area contributed by atoms with E-state index in [0.717, 1.165) is 43.6 Å². The fourth-order valence-electron chi connectivity index (χ4n) is 3.16. The van der Waals surface area contributed by atoms with E-state index >= 15 is 0 Å². The number of benzene rings is 1. The third-order valence-electron chi connectivity index (χ3n) is 4.41. The van der Waals surface area contributed by atoms with E-state index in [4.69, 9.17) is 0 Å². The van der Waals surface area contributed by atoms with Crippen LogP contribution in [0.2, 0.25) is 0 Å². The van der Waals surface area contributed by atoms with Gasteiger partial charge in [0.05, 0.1) is 10.6 Å². The highest BCUT2D eigenvalue weighted by Gasteiger charge is 2.27. The van der Waals surface area contributed by atoms with E-state index in [1.54, 1.807) is 11.0 Å². The van der Waals surface area contributed by atoms with Gasteiger partial charge in [0.15, 0.2) is 0 Å². The number of carbonyl (C=O) groups is 1. The number of hydrogen-bond acceptors (Lipinski definition) is 4. The lowest BCUT2D eigenvalue weighted by Crippen LogP contribution is -2.29. The SMILES string of the molecule is Cl.O=C(CCC1CCNC1)N1CCc2ccc([N+](=O)[O-])cc21. The van der Waals surface area contributed by atoms with Crippen LogP contribution in [0.3, 0.4) is 0 Å². The summed E-state index contributed by atoms with van der Waals surface area (Å²) in [5, 5.41) is 14.2. The van der Waals surface area contributed by atoms with Gasteiger partial charge in [-0.05, 0) is 43.8 Å². The number of nitrogens with zero attached hydrogens (tertiary/aromatic N) is 2. The summed E-state index contributed by atoms with van der Waals surface area (Å²) in [6.45, 7) is 2.67. The lowest BCUT2D eigenvalue weighted by atomic mass is 10.0. The van der Waals surface area contributed by atoms with Crippen molar-refractivity contribution in [1.82, 2.24) is 5.32 Å². The highest BCUT2D eigenvalue weighted by atomic mass is 35.5. The zero-order valence-corrected chi connectivity index (χ0v) is 13.1. The fraction of sp³-hybridized carbons (Fsp3) is 0.533. The Bertz CT molecular complexity index is 573. The first kappa shape index (κ1) is 16.7. The van der Waals surface area contributed by atoms with Gasteiger partial charge >= 0.3 is 0 Å². The predicted molar refractivity (Wildman–Crippen MR) is 86.6 cm³/mol. The molecule has 2 heterocycles. The van der Waals surface area contributed by atoms with Crippen LogP contribution >= 0.6 is 12.4 Å². The van der Waals surface area contributed by atoms with Crippen LogP contribution in [0.25, 0.3) is 0 Å². The zero-order valence-electron chi connectivity index (χ0n) is 12.3. The lowest BCUT2D eigenvalue weighted by molar-refractivity contribution is -0.384. The minimum absolute atomic E-state index is 0. The highest BCUT2D eigenvalue weighted by molar-refractivity contribution is 5.95. The third kappa shape index (κ3) is 3.39. The number of rotatable bonds is 4. The Morgan fingerprint density at radius 1 is 1.45 bits per heavy atom. The summed E-state index contributed by atoms with van der Waals surface area (Å²) in [4.78, 5) is 24.6. The first-order valence-electron chi connectivity index (χ1n) is 7.43. The maximum atomic E-state index is 12.4. The molecule has 1 amide bonds. The van der Waals surface area contributed by atoms with Crippen molar-refractivity contribution >= 4 is 29.7 Å². The van der Waals surface area contributed by atoms with Crippen LogP contribution in [0.4, 0.5) is 11.4 Å². The van der Waals surface area contributed by atoms with E-state index in [1.165, 1.54) is 12.1 Å². The lowest BCUT2D eigenvalue weighted by Gasteiger charge is -2.18. The topological polar surface area (TPSA) is 75.5 Å². The summed E-state index contributed by atoms with van der Waals surface area (Å²) < 4.78 is 0. The van der Waals surface area contributed by atoms with Gasteiger partial charge in [0, 0.05) is 25.1 Å². The highest BCUT2D eigenvalue weighted by Crippen LogP contribution is 2.32. The number of nitro groups is 1. The maximum Gasteiger partial charge on any atom is 0.271 e. The quantitative estimate of drug-likeness (QED) is 0.680. The van der Waals surface area contributed by atoms with Gasteiger partial charge in [-0.3, -0.25) is 14.9 Å². The fourth-order valence-corrected chi connectivity index (χ4v) is 3.16.